The van der Waals surface area contributed by atoms with Gasteiger partial charge in [0.25, 0.3) is 0 Å². The number of piperazine rings is 1. The molecule has 0 spiro atoms. The smallest absolute Gasteiger partial charge is 0.239 e. The van der Waals surface area contributed by atoms with Gasteiger partial charge in [0.05, 0.1) is 6.04 Å². The van der Waals surface area contributed by atoms with Crippen molar-refractivity contribution in [3.8, 4) is 0 Å². The normalized spacial score (nSPS) is 20.9. The molecule has 0 aliphatic carbocycles. The lowest BCUT2D eigenvalue weighted by atomic mass is 10.0. The van der Waals surface area contributed by atoms with Gasteiger partial charge in [-0.1, -0.05) is 6.92 Å². The molecule has 0 saturated carbocycles. The average Bonchev–Trinajstić information content (AvgIpc) is 2.26. The molecule has 94 valence electrons. The lowest BCUT2D eigenvalue weighted by Crippen LogP contribution is -2.57. The van der Waals surface area contributed by atoms with Crippen LogP contribution in [0.1, 0.15) is 34.1 Å². The summed E-state index contributed by atoms with van der Waals surface area (Å²) in [6.07, 6.45) is 0.721. The first-order chi connectivity index (χ1) is 7.36. The van der Waals surface area contributed by atoms with E-state index in [1.54, 1.807) is 0 Å². The molecule has 1 saturated heterocycles. The number of rotatable bonds is 2. The van der Waals surface area contributed by atoms with E-state index >= 15 is 0 Å². The highest BCUT2D eigenvalue weighted by atomic mass is 16.2. The van der Waals surface area contributed by atoms with Gasteiger partial charge in [0.2, 0.25) is 5.91 Å². The Morgan fingerprint density at radius 1 is 1.25 bits per heavy atom. The van der Waals surface area contributed by atoms with E-state index in [0.29, 0.717) is 0 Å². The minimum atomic E-state index is -0.318. The number of nitrogens with two attached hydrogens (primary N) is 1. The lowest BCUT2D eigenvalue weighted by molar-refractivity contribution is -0.135. The van der Waals surface area contributed by atoms with Crippen molar-refractivity contribution in [1.29, 1.82) is 0 Å². The summed E-state index contributed by atoms with van der Waals surface area (Å²) in [6, 6.07) is -0.318. The van der Waals surface area contributed by atoms with Gasteiger partial charge >= 0.3 is 0 Å². The monoisotopic (exact) mass is 227 g/mol. The lowest BCUT2D eigenvalue weighted by Gasteiger charge is -2.42. The predicted molar refractivity (Wildman–Crippen MR) is 66.2 cm³/mol. The Bertz CT molecular complexity index is 239. The van der Waals surface area contributed by atoms with E-state index in [1.165, 1.54) is 0 Å². The summed E-state index contributed by atoms with van der Waals surface area (Å²) in [7, 11) is 0. The first-order valence-corrected chi connectivity index (χ1v) is 6.15. The second kappa shape index (κ2) is 5.15. The Morgan fingerprint density at radius 2 is 1.75 bits per heavy atom. The molecule has 4 heteroatoms. The van der Waals surface area contributed by atoms with Gasteiger partial charge in [-0.3, -0.25) is 9.69 Å². The third-order valence-corrected chi connectivity index (χ3v) is 3.30. The van der Waals surface area contributed by atoms with Gasteiger partial charge in [-0.25, -0.2) is 0 Å². The minimum absolute atomic E-state index is 0.107. The van der Waals surface area contributed by atoms with Crippen molar-refractivity contribution >= 4 is 5.91 Å². The topological polar surface area (TPSA) is 49.6 Å². The van der Waals surface area contributed by atoms with E-state index in [-0.39, 0.29) is 17.5 Å². The molecule has 0 radical (unpaired) electrons. The highest BCUT2D eigenvalue weighted by molar-refractivity contribution is 5.81. The third-order valence-electron chi connectivity index (χ3n) is 3.30. The van der Waals surface area contributed by atoms with E-state index in [1.807, 2.05) is 11.8 Å². The van der Waals surface area contributed by atoms with Crippen LogP contribution in [0.5, 0.6) is 0 Å². The second-order valence-corrected chi connectivity index (χ2v) is 5.50. The number of nitrogens with zero attached hydrogens (tertiary/aromatic N) is 2. The van der Waals surface area contributed by atoms with E-state index < -0.39 is 0 Å². The highest BCUT2D eigenvalue weighted by Gasteiger charge is 2.29. The highest BCUT2D eigenvalue weighted by Crippen LogP contribution is 2.16. The molecule has 0 bridgehead atoms. The largest absolute Gasteiger partial charge is 0.339 e. The zero-order valence-electron chi connectivity index (χ0n) is 11.0. The predicted octanol–water partition coefficient (Wildman–Crippen LogP) is 0.666. The SMILES string of the molecule is CC[C@H](N)C(=O)N1CCN(C(C)(C)C)CC1. The number of hydrogen-bond acceptors (Lipinski definition) is 3. The Labute approximate surface area is 98.8 Å². The van der Waals surface area contributed by atoms with Crippen LogP contribution in [-0.2, 0) is 4.79 Å². The van der Waals surface area contributed by atoms with Crippen LogP contribution < -0.4 is 5.73 Å². The van der Waals surface area contributed by atoms with Gasteiger partial charge < -0.3 is 10.6 Å². The second-order valence-electron chi connectivity index (χ2n) is 5.50. The van der Waals surface area contributed by atoms with Crippen molar-refractivity contribution in [1.82, 2.24) is 9.80 Å². The maximum absolute atomic E-state index is 11.9. The molecule has 0 aromatic carbocycles. The molecule has 0 aromatic heterocycles. The van der Waals surface area contributed by atoms with Crippen LogP contribution in [0.4, 0.5) is 0 Å². The van der Waals surface area contributed by atoms with Gasteiger partial charge in [0, 0.05) is 31.7 Å². The first-order valence-electron chi connectivity index (χ1n) is 6.15. The van der Waals surface area contributed by atoms with Crippen molar-refractivity contribution in [2.45, 2.75) is 45.7 Å². The maximum Gasteiger partial charge on any atom is 0.239 e. The molecule has 1 heterocycles. The van der Waals surface area contributed by atoms with Crippen LogP contribution in [0.2, 0.25) is 0 Å². The summed E-state index contributed by atoms with van der Waals surface area (Å²) < 4.78 is 0. The van der Waals surface area contributed by atoms with Crippen molar-refractivity contribution in [3.63, 3.8) is 0 Å². The minimum Gasteiger partial charge on any atom is -0.339 e. The molecule has 1 fully saturated rings. The Kier molecular flexibility index (Phi) is 4.33. The third kappa shape index (κ3) is 3.19. The number of carbonyl (C=O) groups is 1. The summed E-state index contributed by atoms with van der Waals surface area (Å²) in [6.45, 7) is 12.1. The fraction of sp³-hybridized carbons (Fsp3) is 0.917. The van der Waals surface area contributed by atoms with Gasteiger partial charge in [0.15, 0.2) is 0 Å². The number of hydrogen-bond donors (Lipinski definition) is 1. The van der Waals surface area contributed by atoms with Crippen molar-refractivity contribution in [2.75, 3.05) is 26.2 Å². The Morgan fingerprint density at radius 3 is 2.12 bits per heavy atom. The molecule has 1 rings (SSSR count). The maximum atomic E-state index is 11.9. The molecular weight excluding hydrogens is 202 g/mol. The number of carbonyl (C=O) groups excluding carboxylic acids is 1. The molecule has 1 aliphatic rings. The van der Waals surface area contributed by atoms with Crippen LogP contribution in [0.3, 0.4) is 0 Å². The summed E-state index contributed by atoms with van der Waals surface area (Å²) >= 11 is 0. The molecular formula is C12H25N3O. The quantitative estimate of drug-likeness (QED) is 0.754. The molecule has 0 aromatic rings. The van der Waals surface area contributed by atoms with Crippen LogP contribution in [-0.4, -0.2) is 53.5 Å². The van der Waals surface area contributed by atoms with Crippen LogP contribution >= 0.6 is 0 Å². The molecule has 1 aliphatic heterocycles. The van der Waals surface area contributed by atoms with Gasteiger partial charge in [-0.2, -0.15) is 0 Å². The Balaban J connectivity index is 2.46. The molecule has 2 N–H and O–H groups in total. The molecule has 1 amide bonds. The summed E-state index contributed by atoms with van der Waals surface area (Å²) in [5.74, 6) is 0.107. The van der Waals surface area contributed by atoms with E-state index in [2.05, 4.69) is 25.7 Å². The first kappa shape index (κ1) is 13.5. The van der Waals surface area contributed by atoms with E-state index in [9.17, 15) is 4.79 Å². The molecule has 0 unspecified atom stereocenters. The zero-order valence-corrected chi connectivity index (χ0v) is 11.0. The van der Waals surface area contributed by atoms with Crippen LogP contribution in [0.15, 0.2) is 0 Å². The zero-order chi connectivity index (χ0) is 12.3. The van der Waals surface area contributed by atoms with Crippen molar-refractivity contribution in [3.05, 3.63) is 0 Å². The van der Waals surface area contributed by atoms with Crippen LogP contribution in [0.25, 0.3) is 0 Å². The molecule has 4 nitrogen and oxygen atoms in total. The summed E-state index contributed by atoms with van der Waals surface area (Å²) in [5, 5.41) is 0. The summed E-state index contributed by atoms with van der Waals surface area (Å²) in [4.78, 5) is 16.2. The van der Waals surface area contributed by atoms with Crippen LogP contribution in [0, 0.1) is 0 Å². The van der Waals surface area contributed by atoms with E-state index in [4.69, 9.17) is 5.73 Å². The van der Waals surface area contributed by atoms with Gasteiger partial charge in [-0.15, -0.1) is 0 Å². The van der Waals surface area contributed by atoms with Crippen molar-refractivity contribution < 1.29 is 4.79 Å². The van der Waals surface area contributed by atoms with Crippen molar-refractivity contribution in [2.24, 2.45) is 5.73 Å². The standard InChI is InChI=1S/C12H25N3O/c1-5-10(13)11(16)14-6-8-15(9-7-14)12(2,3)4/h10H,5-9,13H2,1-4H3/t10-/m0/s1. The average molecular weight is 227 g/mol. The summed E-state index contributed by atoms with van der Waals surface area (Å²) in [5.41, 5.74) is 5.96. The fourth-order valence-electron chi connectivity index (χ4n) is 2.01. The molecule has 16 heavy (non-hydrogen) atoms. The molecule has 1 atom stereocenters. The van der Waals surface area contributed by atoms with Gasteiger partial charge in [0.1, 0.15) is 0 Å². The Hall–Kier alpha value is -0.610. The van der Waals surface area contributed by atoms with Gasteiger partial charge in [-0.05, 0) is 27.2 Å². The van der Waals surface area contributed by atoms with E-state index in [0.717, 1.165) is 32.6 Å². The number of amides is 1. The fourth-order valence-corrected chi connectivity index (χ4v) is 2.01.